The number of hydrogen-bond donors (Lipinski definition) is 1. The van der Waals surface area contributed by atoms with Crippen LogP contribution in [-0.2, 0) is 9.53 Å². The van der Waals surface area contributed by atoms with Gasteiger partial charge in [-0.25, -0.2) is 4.79 Å². The van der Waals surface area contributed by atoms with E-state index in [-0.39, 0.29) is 6.10 Å². The quantitative estimate of drug-likeness (QED) is 0.460. The first-order chi connectivity index (χ1) is 4.21. The second-order valence-electron chi connectivity index (χ2n) is 2.80. The molecule has 2 unspecified atom stereocenters. The Balaban J connectivity index is 2.32. The van der Waals surface area contributed by atoms with Crippen LogP contribution in [0, 0.1) is 0 Å². The van der Waals surface area contributed by atoms with E-state index in [0.29, 0.717) is 12.8 Å². The molecule has 0 radical (unpaired) electrons. The summed E-state index contributed by atoms with van der Waals surface area (Å²) >= 11 is 0. The zero-order valence-corrected chi connectivity index (χ0v) is 4.96. The van der Waals surface area contributed by atoms with Crippen LogP contribution in [0.1, 0.15) is 19.3 Å². The molecule has 1 aliphatic carbocycles. The summed E-state index contributed by atoms with van der Waals surface area (Å²) in [4.78, 5) is 10.7. The van der Waals surface area contributed by atoms with Crippen molar-refractivity contribution in [1.82, 2.24) is 0 Å². The molecule has 0 aromatic heterocycles. The molecule has 1 saturated carbocycles. The van der Waals surface area contributed by atoms with Crippen LogP contribution in [0.2, 0.25) is 0 Å². The van der Waals surface area contributed by atoms with Gasteiger partial charge in [0.2, 0.25) is 0 Å². The fourth-order valence-electron chi connectivity index (χ4n) is 1.53. The minimum atomic E-state index is -1.09. The average Bonchev–Trinajstić information content (AvgIpc) is 2.22. The average molecular weight is 128 g/mol. The van der Waals surface area contributed by atoms with Gasteiger partial charge in [0.05, 0.1) is 0 Å². The summed E-state index contributed by atoms with van der Waals surface area (Å²) < 4.78 is 4.77. The summed E-state index contributed by atoms with van der Waals surface area (Å²) in [5.74, 6) is -0.418. The lowest BCUT2D eigenvalue weighted by Gasteiger charge is -2.15. The number of aliphatic hydroxyl groups is 1. The van der Waals surface area contributed by atoms with Gasteiger partial charge in [-0.2, -0.15) is 0 Å². The molecule has 1 N–H and O–H groups in total. The van der Waals surface area contributed by atoms with Crippen LogP contribution in [-0.4, -0.2) is 22.8 Å². The largest absolute Gasteiger partial charge is 0.460 e. The van der Waals surface area contributed by atoms with Gasteiger partial charge in [0.15, 0.2) is 5.60 Å². The number of hydrogen-bond acceptors (Lipinski definition) is 3. The van der Waals surface area contributed by atoms with Gasteiger partial charge in [-0.1, -0.05) is 0 Å². The van der Waals surface area contributed by atoms with Crippen molar-refractivity contribution in [2.75, 3.05) is 0 Å². The zero-order chi connectivity index (χ0) is 6.48. The van der Waals surface area contributed by atoms with Crippen molar-refractivity contribution in [3.05, 3.63) is 0 Å². The molecule has 1 saturated heterocycles. The first-order valence-electron chi connectivity index (χ1n) is 3.14. The second-order valence-corrected chi connectivity index (χ2v) is 2.80. The Morgan fingerprint density at radius 1 is 1.78 bits per heavy atom. The maximum Gasteiger partial charge on any atom is 0.338 e. The molecule has 9 heavy (non-hydrogen) atoms. The fourth-order valence-corrected chi connectivity index (χ4v) is 1.53. The molecule has 0 spiro atoms. The molecule has 1 aliphatic heterocycles. The van der Waals surface area contributed by atoms with E-state index in [2.05, 4.69) is 0 Å². The van der Waals surface area contributed by atoms with Crippen molar-refractivity contribution >= 4 is 5.97 Å². The van der Waals surface area contributed by atoms with Gasteiger partial charge in [-0.15, -0.1) is 0 Å². The summed E-state index contributed by atoms with van der Waals surface area (Å²) in [6.07, 6.45) is 1.97. The number of esters is 1. The van der Waals surface area contributed by atoms with Crippen molar-refractivity contribution in [3.8, 4) is 0 Å². The fraction of sp³-hybridized carbons (Fsp3) is 0.833. The van der Waals surface area contributed by atoms with Gasteiger partial charge in [0.25, 0.3) is 0 Å². The molecule has 3 nitrogen and oxygen atoms in total. The van der Waals surface area contributed by atoms with Crippen LogP contribution in [0.25, 0.3) is 0 Å². The highest BCUT2D eigenvalue weighted by molar-refractivity contribution is 5.82. The third-order valence-corrected chi connectivity index (χ3v) is 2.10. The Hall–Kier alpha value is -0.570. The summed E-state index contributed by atoms with van der Waals surface area (Å²) in [7, 11) is 0. The van der Waals surface area contributed by atoms with E-state index in [1.54, 1.807) is 0 Å². The standard InChI is InChI=1S/C6H8O3/c7-5-6(8)2-1-4(3-6)9-5/h4,8H,1-3H2. The Labute approximate surface area is 52.6 Å². The lowest BCUT2D eigenvalue weighted by atomic mass is 10.1. The molecular weight excluding hydrogens is 120 g/mol. The summed E-state index contributed by atoms with van der Waals surface area (Å²) in [5, 5.41) is 9.34. The molecule has 2 bridgehead atoms. The first-order valence-corrected chi connectivity index (χ1v) is 3.14. The highest BCUT2D eigenvalue weighted by atomic mass is 16.6. The molecule has 2 rings (SSSR count). The van der Waals surface area contributed by atoms with Crippen molar-refractivity contribution in [1.29, 1.82) is 0 Å². The number of carbonyl (C=O) groups is 1. The maximum absolute atomic E-state index is 10.7. The van der Waals surface area contributed by atoms with Crippen molar-refractivity contribution in [3.63, 3.8) is 0 Å². The number of ether oxygens (including phenoxy) is 1. The lowest BCUT2D eigenvalue weighted by molar-refractivity contribution is -0.160. The minimum Gasteiger partial charge on any atom is -0.460 e. The van der Waals surface area contributed by atoms with E-state index < -0.39 is 11.6 Å². The topological polar surface area (TPSA) is 46.5 Å². The van der Waals surface area contributed by atoms with Crippen LogP contribution in [0.5, 0.6) is 0 Å². The summed E-state index contributed by atoms with van der Waals surface area (Å²) in [6.45, 7) is 0. The first kappa shape index (κ1) is 5.23. The van der Waals surface area contributed by atoms with Crippen molar-refractivity contribution in [2.24, 2.45) is 0 Å². The Kier molecular flexibility index (Phi) is 0.750. The van der Waals surface area contributed by atoms with Crippen LogP contribution in [0.15, 0.2) is 0 Å². The second kappa shape index (κ2) is 1.29. The van der Waals surface area contributed by atoms with Crippen LogP contribution >= 0.6 is 0 Å². The molecular formula is C6H8O3. The molecule has 1 heterocycles. The third kappa shape index (κ3) is 0.525. The van der Waals surface area contributed by atoms with E-state index in [4.69, 9.17) is 4.74 Å². The summed E-state index contributed by atoms with van der Waals surface area (Å²) in [6, 6.07) is 0. The van der Waals surface area contributed by atoms with E-state index in [9.17, 15) is 9.90 Å². The molecule has 2 fully saturated rings. The van der Waals surface area contributed by atoms with Crippen LogP contribution in [0.3, 0.4) is 0 Å². The van der Waals surface area contributed by atoms with Crippen LogP contribution < -0.4 is 0 Å². The summed E-state index contributed by atoms with van der Waals surface area (Å²) in [5.41, 5.74) is -1.09. The molecule has 0 aromatic carbocycles. The normalized spacial score (nSPS) is 47.7. The third-order valence-electron chi connectivity index (χ3n) is 2.10. The molecule has 0 amide bonds. The molecule has 2 atom stereocenters. The van der Waals surface area contributed by atoms with E-state index in [1.807, 2.05) is 0 Å². The van der Waals surface area contributed by atoms with Gasteiger partial charge < -0.3 is 9.84 Å². The van der Waals surface area contributed by atoms with Crippen molar-refractivity contribution < 1.29 is 14.6 Å². The number of carbonyl (C=O) groups excluding carboxylic acids is 1. The van der Waals surface area contributed by atoms with Gasteiger partial charge >= 0.3 is 5.97 Å². The smallest absolute Gasteiger partial charge is 0.338 e. The van der Waals surface area contributed by atoms with Gasteiger partial charge in [0.1, 0.15) is 6.10 Å². The SMILES string of the molecule is O=C1OC2CCC1(O)C2. The predicted molar refractivity (Wildman–Crippen MR) is 28.7 cm³/mol. The Morgan fingerprint density at radius 3 is 2.78 bits per heavy atom. The lowest BCUT2D eigenvalue weighted by Crippen LogP contribution is -2.33. The number of rotatable bonds is 0. The minimum absolute atomic E-state index is 0.0162. The van der Waals surface area contributed by atoms with Gasteiger partial charge in [0, 0.05) is 6.42 Å². The molecule has 0 aromatic rings. The molecule has 3 heteroatoms. The van der Waals surface area contributed by atoms with Crippen molar-refractivity contribution in [2.45, 2.75) is 31.0 Å². The highest BCUT2D eigenvalue weighted by Gasteiger charge is 2.52. The molecule has 2 aliphatic rings. The Morgan fingerprint density at radius 2 is 2.56 bits per heavy atom. The highest BCUT2D eigenvalue weighted by Crippen LogP contribution is 2.39. The van der Waals surface area contributed by atoms with Gasteiger partial charge in [-0.3, -0.25) is 0 Å². The monoisotopic (exact) mass is 128 g/mol. The maximum atomic E-state index is 10.7. The van der Waals surface area contributed by atoms with E-state index in [0.717, 1.165) is 6.42 Å². The van der Waals surface area contributed by atoms with E-state index >= 15 is 0 Å². The molecule has 50 valence electrons. The zero-order valence-electron chi connectivity index (χ0n) is 4.96. The predicted octanol–water partition coefficient (Wildman–Crippen LogP) is -0.173. The van der Waals surface area contributed by atoms with Gasteiger partial charge in [-0.05, 0) is 12.8 Å². The van der Waals surface area contributed by atoms with Crippen LogP contribution in [0.4, 0.5) is 0 Å². The Bertz CT molecular complexity index is 166. The van der Waals surface area contributed by atoms with E-state index in [1.165, 1.54) is 0 Å². The number of fused-ring (bicyclic) bond motifs is 2.